The van der Waals surface area contributed by atoms with Gasteiger partial charge in [0.25, 0.3) is 0 Å². The molecule has 0 bridgehead atoms. The highest BCUT2D eigenvalue weighted by atomic mass is 15.1. The lowest BCUT2D eigenvalue weighted by atomic mass is 10.0. The summed E-state index contributed by atoms with van der Waals surface area (Å²) in [4.78, 5) is 2.34. The van der Waals surface area contributed by atoms with Crippen molar-refractivity contribution in [3.05, 3.63) is 48.0 Å². The first-order valence-electron chi connectivity index (χ1n) is 7.63. The quantitative estimate of drug-likeness (QED) is 0.772. The Kier molecular flexibility index (Phi) is 5.57. The van der Waals surface area contributed by atoms with Crippen LogP contribution in [0.3, 0.4) is 0 Å². The molecule has 20 heavy (non-hydrogen) atoms. The van der Waals surface area contributed by atoms with Crippen LogP contribution in [-0.2, 0) is 0 Å². The summed E-state index contributed by atoms with van der Waals surface area (Å²) in [6, 6.07) is 15.1. The van der Waals surface area contributed by atoms with E-state index in [1.165, 1.54) is 35.6 Å². The Morgan fingerprint density at radius 1 is 1.05 bits per heavy atom. The molecule has 2 aromatic carbocycles. The van der Waals surface area contributed by atoms with E-state index in [9.17, 15) is 0 Å². The van der Waals surface area contributed by atoms with Crippen LogP contribution in [0.25, 0.3) is 10.8 Å². The molecule has 0 aliphatic rings. The highest BCUT2D eigenvalue weighted by molar-refractivity contribution is 5.83. The fourth-order valence-electron chi connectivity index (χ4n) is 2.60. The molecule has 2 heteroatoms. The first kappa shape index (κ1) is 15.0. The second-order valence-corrected chi connectivity index (χ2v) is 5.68. The molecular weight excluding hydrogens is 244 g/mol. The van der Waals surface area contributed by atoms with Gasteiger partial charge in [0.05, 0.1) is 0 Å². The third kappa shape index (κ3) is 4.06. The van der Waals surface area contributed by atoms with E-state index < -0.39 is 0 Å². The van der Waals surface area contributed by atoms with E-state index in [1.807, 2.05) is 0 Å². The summed E-state index contributed by atoms with van der Waals surface area (Å²) in [5, 5.41) is 2.55. The van der Waals surface area contributed by atoms with Crippen molar-refractivity contribution in [1.82, 2.24) is 4.90 Å². The molecule has 0 saturated carbocycles. The van der Waals surface area contributed by atoms with Gasteiger partial charge in [-0.25, -0.2) is 0 Å². The fraction of sp³-hybridized carbons (Fsp3) is 0.444. The Hall–Kier alpha value is -1.38. The molecule has 0 aromatic heterocycles. The Balaban J connectivity index is 1.98. The number of rotatable bonds is 7. The number of fused-ring (bicyclic) bond motifs is 1. The molecule has 1 atom stereocenters. The summed E-state index contributed by atoms with van der Waals surface area (Å²) in [6.07, 6.45) is 3.83. The zero-order valence-corrected chi connectivity index (χ0v) is 12.7. The van der Waals surface area contributed by atoms with E-state index in [0.717, 1.165) is 13.1 Å². The van der Waals surface area contributed by atoms with Gasteiger partial charge in [0.1, 0.15) is 0 Å². The number of hydrogen-bond donors (Lipinski definition) is 1. The van der Waals surface area contributed by atoms with Crippen LogP contribution < -0.4 is 5.73 Å². The minimum Gasteiger partial charge on any atom is -0.323 e. The number of benzene rings is 2. The molecule has 0 aliphatic carbocycles. The molecule has 2 N–H and O–H groups in total. The SMILES string of the molecule is CCCCCN(C)CC(N)c1ccc2ccccc2c1. The fourth-order valence-corrected chi connectivity index (χ4v) is 2.60. The highest BCUT2D eigenvalue weighted by Gasteiger charge is 2.09. The second-order valence-electron chi connectivity index (χ2n) is 5.68. The average Bonchev–Trinajstić information content (AvgIpc) is 2.47. The molecule has 2 nitrogen and oxygen atoms in total. The predicted octanol–water partition coefficient (Wildman–Crippen LogP) is 3.96. The summed E-state index contributed by atoms with van der Waals surface area (Å²) < 4.78 is 0. The maximum Gasteiger partial charge on any atom is 0.0424 e. The van der Waals surface area contributed by atoms with E-state index in [-0.39, 0.29) is 6.04 Å². The molecule has 2 rings (SSSR count). The van der Waals surface area contributed by atoms with Gasteiger partial charge in [-0.3, -0.25) is 0 Å². The molecule has 0 saturated heterocycles. The molecule has 0 radical (unpaired) electrons. The standard InChI is InChI=1S/C18H26N2/c1-3-4-7-12-20(2)14-18(19)17-11-10-15-8-5-6-9-16(15)13-17/h5-6,8-11,13,18H,3-4,7,12,14,19H2,1-2H3. The lowest BCUT2D eigenvalue weighted by Gasteiger charge is -2.21. The maximum absolute atomic E-state index is 6.35. The summed E-state index contributed by atoms with van der Waals surface area (Å²) in [7, 11) is 2.16. The molecule has 0 spiro atoms. The Bertz CT molecular complexity index is 536. The molecule has 0 amide bonds. The third-order valence-corrected chi connectivity index (χ3v) is 3.85. The van der Waals surface area contributed by atoms with Gasteiger partial charge >= 0.3 is 0 Å². The number of nitrogens with zero attached hydrogens (tertiary/aromatic N) is 1. The van der Waals surface area contributed by atoms with Crippen LogP contribution in [0, 0.1) is 0 Å². The third-order valence-electron chi connectivity index (χ3n) is 3.85. The van der Waals surface area contributed by atoms with Gasteiger partial charge in [0, 0.05) is 12.6 Å². The van der Waals surface area contributed by atoms with E-state index in [4.69, 9.17) is 5.73 Å². The van der Waals surface area contributed by atoms with Gasteiger partial charge in [-0.15, -0.1) is 0 Å². The molecule has 0 aliphatic heterocycles. The van der Waals surface area contributed by atoms with Gasteiger partial charge in [-0.05, 0) is 42.4 Å². The first-order chi connectivity index (χ1) is 9.70. The van der Waals surface area contributed by atoms with Crippen molar-refractivity contribution in [3.8, 4) is 0 Å². The summed E-state index contributed by atoms with van der Waals surface area (Å²) in [5.41, 5.74) is 7.58. The van der Waals surface area contributed by atoms with Crippen molar-refractivity contribution in [2.45, 2.75) is 32.2 Å². The first-order valence-corrected chi connectivity index (χ1v) is 7.63. The van der Waals surface area contributed by atoms with Gasteiger partial charge in [-0.1, -0.05) is 56.2 Å². The summed E-state index contributed by atoms with van der Waals surface area (Å²) in [5.74, 6) is 0. The van der Waals surface area contributed by atoms with Gasteiger partial charge in [0.2, 0.25) is 0 Å². The van der Waals surface area contributed by atoms with Crippen LogP contribution >= 0.6 is 0 Å². The Morgan fingerprint density at radius 3 is 2.55 bits per heavy atom. The average molecular weight is 270 g/mol. The second kappa shape index (κ2) is 7.41. The Labute approximate surface area is 122 Å². The lowest BCUT2D eigenvalue weighted by molar-refractivity contribution is 0.305. The number of nitrogens with two attached hydrogens (primary N) is 1. The molecule has 0 fully saturated rings. The minimum absolute atomic E-state index is 0.0891. The molecule has 1 unspecified atom stereocenters. The predicted molar refractivity (Wildman–Crippen MR) is 87.9 cm³/mol. The van der Waals surface area contributed by atoms with Crippen LogP contribution in [0.15, 0.2) is 42.5 Å². The normalized spacial score (nSPS) is 13.0. The lowest BCUT2D eigenvalue weighted by Crippen LogP contribution is -2.29. The van der Waals surface area contributed by atoms with Crippen molar-refractivity contribution in [2.24, 2.45) is 5.73 Å². The molecular formula is C18H26N2. The van der Waals surface area contributed by atoms with E-state index in [1.54, 1.807) is 0 Å². The van der Waals surface area contributed by atoms with Crippen LogP contribution in [0.2, 0.25) is 0 Å². The van der Waals surface area contributed by atoms with Crippen molar-refractivity contribution in [1.29, 1.82) is 0 Å². The largest absolute Gasteiger partial charge is 0.323 e. The number of unbranched alkanes of at least 4 members (excludes halogenated alkanes) is 2. The van der Waals surface area contributed by atoms with E-state index in [0.29, 0.717) is 0 Å². The Morgan fingerprint density at radius 2 is 1.80 bits per heavy atom. The zero-order chi connectivity index (χ0) is 14.4. The topological polar surface area (TPSA) is 29.3 Å². The van der Waals surface area contributed by atoms with E-state index in [2.05, 4.69) is 61.3 Å². The van der Waals surface area contributed by atoms with Crippen LogP contribution in [0.1, 0.15) is 37.8 Å². The molecule has 0 heterocycles. The maximum atomic E-state index is 6.35. The van der Waals surface area contributed by atoms with Gasteiger partial charge < -0.3 is 10.6 Å². The molecule has 108 valence electrons. The van der Waals surface area contributed by atoms with Crippen molar-refractivity contribution in [2.75, 3.05) is 20.1 Å². The monoisotopic (exact) mass is 270 g/mol. The summed E-state index contributed by atoms with van der Waals surface area (Å²) in [6.45, 7) is 4.29. The van der Waals surface area contributed by atoms with Gasteiger partial charge in [-0.2, -0.15) is 0 Å². The van der Waals surface area contributed by atoms with Crippen LogP contribution in [0.4, 0.5) is 0 Å². The zero-order valence-electron chi connectivity index (χ0n) is 12.7. The van der Waals surface area contributed by atoms with Crippen LogP contribution in [0.5, 0.6) is 0 Å². The van der Waals surface area contributed by atoms with Crippen LogP contribution in [-0.4, -0.2) is 25.0 Å². The van der Waals surface area contributed by atoms with E-state index >= 15 is 0 Å². The van der Waals surface area contributed by atoms with Crippen molar-refractivity contribution < 1.29 is 0 Å². The summed E-state index contributed by atoms with van der Waals surface area (Å²) >= 11 is 0. The van der Waals surface area contributed by atoms with Gasteiger partial charge in [0.15, 0.2) is 0 Å². The van der Waals surface area contributed by atoms with Crippen molar-refractivity contribution >= 4 is 10.8 Å². The minimum atomic E-state index is 0.0891. The highest BCUT2D eigenvalue weighted by Crippen LogP contribution is 2.19. The number of likely N-dealkylation sites (N-methyl/N-ethyl adjacent to an activating group) is 1. The smallest absolute Gasteiger partial charge is 0.0424 e. The van der Waals surface area contributed by atoms with Crippen molar-refractivity contribution in [3.63, 3.8) is 0 Å². The number of hydrogen-bond acceptors (Lipinski definition) is 2. The molecule has 2 aromatic rings.